The molecule has 0 N–H and O–H groups in total. The lowest BCUT2D eigenvalue weighted by Gasteiger charge is -2.25. The summed E-state index contributed by atoms with van der Waals surface area (Å²) >= 11 is 0. The van der Waals surface area contributed by atoms with Gasteiger partial charge >= 0.3 is 0 Å². The third-order valence-electron chi connectivity index (χ3n) is 4.80. The van der Waals surface area contributed by atoms with Crippen LogP contribution in [0.15, 0.2) is 42.5 Å². The van der Waals surface area contributed by atoms with E-state index >= 15 is 0 Å². The van der Waals surface area contributed by atoms with Crippen LogP contribution in [0.2, 0.25) is 0 Å². The first kappa shape index (κ1) is 17.6. The van der Waals surface area contributed by atoms with Gasteiger partial charge in [-0.2, -0.15) is 0 Å². The van der Waals surface area contributed by atoms with E-state index in [-0.39, 0.29) is 11.3 Å². The van der Waals surface area contributed by atoms with Gasteiger partial charge in [-0.25, -0.2) is 4.39 Å². The van der Waals surface area contributed by atoms with Gasteiger partial charge in [0, 0.05) is 32.7 Å². The number of benzene rings is 2. The molecule has 3 nitrogen and oxygen atoms in total. The van der Waals surface area contributed by atoms with Crippen LogP contribution in [0.25, 0.3) is 0 Å². The average Bonchev–Trinajstić information content (AvgIpc) is 2.82. The minimum atomic E-state index is -0.425. The summed E-state index contributed by atoms with van der Waals surface area (Å²) in [6.07, 6.45) is 1.000. The molecular weight excluding hydrogens is 315 g/mol. The number of rotatable bonds is 4. The molecule has 0 atom stereocenters. The van der Waals surface area contributed by atoms with Crippen molar-refractivity contribution >= 4 is 11.5 Å². The fourth-order valence-electron chi connectivity index (χ4n) is 3.45. The van der Waals surface area contributed by atoms with E-state index < -0.39 is 5.82 Å². The Morgan fingerprint density at radius 1 is 1.04 bits per heavy atom. The Kier molecular flexibility index (Phi) is 5.49. The third-order valence-corrected chi connectivity index (χ3v) is 4.80. The monoisotopic (exact) mass is 340 g/mol. The van der Waals surface area contributed by atoms with Crippen LogP contribution in [0.1, 0.15) is 34.8 Å². The van der Waals surface area contributed by atoms with E-state index in [1.807, 2.05) is 6.07 Å². The van der Waals surface area contributed by atoms with E-state index in [0.717, 1.165) is 44.8 Å². The lowest BCUT2D eigenvalue weighted by Crippen LogP contribution is -2.31. The molecule has 0 aromatic heterocycles. The normalized spacial score (nSPS) is 15.9. The Balaban J connectivity index is 1.71. The Hall–Kier alpha value is -2.20. The van der Waals surface area contributed by atoms with Crippen LogP contribution >= 0.6 is 0 Å². The van der Waals surface area contributed by atoms with Crippen molar-refractivity contribution in [2.75, 3.05) is 31.1 Å². The van der Waals surface area contributed by atoms with E-state index in [2.05, 4.69) is 41.0 Å². The fraction of sp³-hybridized carbons (Fsp3) is 0.381. The first-order valence-corrected chi connectivity index (χ1v) is 8.87. The van der Waals surface area contributed by atoms with E-state index in [4.69, 9.17) is 0 Å². The van der Waals surface area contributed by atoms with Gasteiger partial charge in [0.25, 0.3) is 0 Å². The highest BCUT2D eigenvalue weighted by Gasteiger charge is 2.21. The standard InChI is InChI=1S/C21H25FN2O/c1-16-7-9-18(10-8-16)15-23-11-4-12-24(14-13-23)20-6-3-5-19(22)21(20)17(2)25/h3,5-10H,4,11-15H2,1-2H3. The van der Waals surface area contributed by atoms with Crippen molar-refractivity contribution < 1.29 is 9.18 Å². The lowest BCUT2D eigenvalue weighted by atomic mass is 10.1. The number of anilines is 1. The molecule has 132 valence electrons. The largest absolute Gasteiger partial charge is 0.370 e. The molecule has 3 rings (SSSR count). The van der Waals surface area contributed by atoms with Crippen LogP contribution < -0.4 is 4.90 Å². The predicted octanol–water partition coefficient (Wildman–Crippen LogP) is 4.05. The number of carbonyl (C=O) groups excluding carboxylic acids is 1. The van der Waals surface area contributed by atoms with E-state index in [1.165, 1.54) is 24.1 Å². The summed E-state index contributed by atoms with van der Waals surface area (Å²) in [5, 5.41) is 0. The Bertz CT molecular complexity index is 742. The molecule has 1 aliphatic rings. The van der Waals surface area contributed by atoms with Gasteiger partial charge in [-0.1, -0.05) is 35.9 Å². The SMILES string of the molecule is CC(=O)c1c(F)cccc1N1CCCN(Cc2ccc(C)cc2)CC1. The molecule has 1 fully saturated rings. The van der Waals surface area contributed by atoms with Gasteiger partial charge < -0.3 is 4.90 Å². The average molecular weight is 340 g/mol. The molecule has 4 heteroatoms. The van der Waals surface area contributed by atoms with Crippen molar-refractivity contribution in [3.8, 4) is 0 Å². The first-order chi connectivity index (χ1) is 12.0. The minimum absolute atomic E-state index is 0.214. The number of carbonyl (C=O) groups is 1. The molecule has 0 spiro atoms. The number of aryl methyl sites for hydroxylation is 1. The lowest BCUT2D eigenvalue weighted by molar-refractivity contribution is 0.101. The van der Waals surface area contributed by atoms with Crippen molar-refractivity contribution in [1.29, 1.82) is 0 Å². The number of halogens is 1. The van der Waals surface area contributed by atoms with Crippen LogP contribution in [0.4, 0.5) is 10.1 Å². The van der Waals surface area contributed by atoms with Gasteiger partial charge in [0.05, 0.1) is 11.3 Å². The van der Waals surface area contributed by atoms with Crippen LogP contribution in [0.5, 0.6) is 0 Å². The second-order valence-corrected chi connectivity index (χ2v) is 6.79. The minimum Gasteiger partial charge on any atom is -0.370 e. The fourth-order valence-corrected chi connectivity index (χ4v) is 3.45. The van der Waals surface area contributed by atoms with Gasteiger partial charge in [-0.3, -0.25) is 9.69 Å². The second kappa shape index (κ2) is 7.79. The molecule has 0 unspecified atom stereocenters. The summed E-state index contributed by atoms with van der Waals surface area (Å²) in [6, 6.07) is 13.6. The van der Waals surface area contributed by atoms with Gasteiger partial charge in [0.1, 0.15) is 5.82 Å². The number of nitrogens with zero attached hydrogens (tertiary/aromatic N) is 2. The number of ketones is 1. The highest BCUT2D eigenvalue weighted by Crippen LogP contribution is 2.25. The molecule has 1 aliphatic heterocycles. The Labute approximate surface area is 149 Å². The van der Waals surface area contributed by atoms with Gasteiger partial charge in [0.15, 0.2) is 5.78 Å². The van der Waals surface area contributed by atoms with E-state index in [9.17, 15) is 9.18 Å². The zero-order valence-corrected chi connectivity index (χ0v) is 15.0. The maximum Gasteiger partial charge on any atom is 0.164 e. The highest BCUT2D eigenvalue weighted by molar-refractivity contribution is 6.00. The molecule has 0 amide bonds. The Morgan fingerprint density at radius 3 is 2.52 bits per heavy atom. The third kappa shape index (κ3) is 4.26. The zero-order chi connectivity index (χ0) is 17.8. The van der Waals surface area contributed by atoms with E-state index in [1.54, 1.807) is 6.07 Å². The summed E-state index contributed by atoms with van der Waals surface area (Å²) < 4.78 is 14.1. The molecule has 2 aromatic carbocycles. The molecular formula is C21H25FN2O. The molecule has 25 heavy (non-hydrogen) atoms. The summed E-state index contributed by atoms with van der Waals surface area (Å²) in [5.41, 5.74) is 3.53. The van der Waals surface area contributed by atoms with Crippen LogP contribution in [0.3, 0.4) is 0 Å². The van der Waals surface area contributed by atoms with Crippen molar-refractivity contribution in [3.63, 3.8) is 0 Å². The van der Waals surface area contributed by atoms with Gasteiger partial charge in [-0.05, 0) is 38.0 Å². The van der Waals surface area contributed by atoms with Crippen molar-refractivity contribution in [3.05, 3.63) is 65.0 Å². The molecule has 0 bridgehead atoms. The van der Waals surface area contributed by atoms with E-state index in [0.29, 0.717) is 0 Å². The molecule has 0 saturated carbocycles. The summed E-state index contributed by atoms with van der Waals surface area (Å²) in [5.74, 6) is -0.639. The van der Waals surface area contributed by atoms with Crippen LogP contribution in [-0.4, -0.2) is 36.9 Å². The molecule has 2 aromatic rings. The number of Topliss-reactive ketones (excluding diaryl/α,β-unsaturated/α-hetero) is 1. The summed E-state index contributed by atoms with van der Waals surface area (Å²) in [7, 11) is 0. The van der Waals surface area contributed by atoms with Crippen molar-refractivity contribution in [2.45, 2.75) is 26.8 Å². The number of hydrogen-bond donors (Lipinski definition) is 0. The first-order valence-electron chi connectivity index (χ1n) is 8.87. The highest BCUT2D eigenvalue weighted by atomic mass is 19.1. The topological polar surface area (TPSA) is 23.6 Å². The van der Waals surface area contributed by atoms with Crippen LogP contribution in [-0.2, 0) is 6.54 Å². The summed E-state index contributed by atoms with van der Waals surface area (Å²) in [4.78, 5) is 16.4. The molecule has 0 aliphatic carbocycles. The molecule has 1 heterocycles. The molecule has 0 radical (unpaired) electrons. The zero-order valence-electron chi connectivity index (χ0n) is 15.0. The van der Waals surface area contributed by atoms with Gasteiger partial charge in [-0.15, -0.1) is 0 Å². The smallest absolute Gasteiger partial charge is 0.164 e. The van der Waals surface area contributed by atoms with Gasteiger partial charge in [0.2, 0.25) is 0 Å². The van der Waals surface area contributed by atoms with Crippen molar-refractivity contribution in [1.82, 2.24) is 4.90 Å². The predicted molar refractivity (Wildman–Crippen MR) is 99.7 cm³/mol. The van der Waals surface area contributed by atoms with Crippen LogP contribution in [0, 0.1) is 12.7 Å². The second-order valence-electron chi connectivity index (χ2n) is 6.79. The Morgan fingerprint density at radius 2 is 1.80 bits per heavy atom. The summed E-state index contributed by atoms with van der Waals surface area (Å²) in [6.45, 7) is 8.01. The maximum atomic E-state index is 14.1. The molecule has 1 saturated heterocycles. The number of hydrogen-bond acceptors (Lipinski definition) is 3. The quantitative estimate of drug-likeness (QED) is 0.785. The van der Waals surface area contributed by atoms with Crippen molar-refractivity contribution in [2.24, 2.45) is 0 Å². The maximum absolute atomic E-state index is 14.1.